The number of rotatable bonds is 6. The fourth-order valence-corrected chi connectivity index (χ4v) is 3.16. The molecule has 24 heavy (non-hydrogen) atoms. The Morgan fingerprint density at radius 3 is 2.38 bits per heavy atom. The SMILES string of the molecule is Cc1ccccc1CN(Cc1ccccc1)C(=O)C(C)C1CNC1. The van der Waals surface area contributed by atoms with Gasteiger partial charge in [0.05, 0.1) is 0 Å². The summed E-state index contributed by atoms with van der Waals surface area (Å²) in [5.74, 6) is 0.792. The molecule has 126 valence electrons. The number of aryl methyl sites for hydroxylation is 1. The molecule has 1 heterocycles. The standard InChI is InChI=1S/C21H26N2O/c1-16-8-6-7-11-19(16)15-23(14-18-9-4-3-5-10-18)21(24)17(2)20-12-22-13-20/h3-11,17,20,22H,12-15H2,1-2H3. The number of carbonyl (C=O) groups is 1. The lowest BCUT2D eigenvalue weighted by Crippen LogP contribution is -2.50. The van der Waals surface area contributed by atoms with E-state index < -0.39 is 0 Å². The van der Waals surface area contributed by atoms with Gasteiger partial charge in [0.15, 0.2) is 0 Å². The summed E-state index contributed by atoms with van der Waals surface area (Å²) < 4.78 is 0. The molecule has 0 radical (unpaired) electrons. The van der Waals surface area contributed by atoms with Crippen LogP contribution in [-0.2, 0) is 17.9 Å². The predicted octanol–water partition coefficient (Wildman–Crippen LogP) is 3.38. The Bertz CT molecular complexity index is 679. The maximum atomic E-state index is 13.1. The van der Waals surface area contributed by atoms with Crippen molar-refractivity contribution in [3.05, 3.63) is 71.3 Å². The lowest BCUT2D eigenvalue weighted by molar-refractivity contribution is -0.138. The highest BCUT2D eigenvalue weighted by Crippen LogP contribution is 2.22. The molecule has 3 heteroatoms. The molecule has 1 N–H and O–H groups in total. The van der Waals surface area contributed by atoms with Crippen LogP contribution in [0.3, 0.4) is 0 Å². The van der Waals surface area contributed by atoms with Gasteiger partial charge in [0, 0.05) is 19.0 Å². The van der Waals surface area contributed by atoms with Crippen LogP contribution in [0, 0.1) is 18.8 Å². The van der Waals surface area contributed by atoms with Crippen LogP contribution in [0.25, 0.3) is 0 Å². The Balaban J connectivity index is 1.79. The van der Waals surface area contributed by atoms with Gasteiger partial charge in [-0.15, -0.1) is 0 Å². The molecule has 3 nitrogen and oxygen atoms in total. The fourth-order valence-electron chi connectivity index (χ4n) is 3.16. The van der Waals surface area contributed by atoms with Gasteiger partial charge in [0.1, 0.15) is 0 Å². The summed E-state index contributed by atoms with van der Waals surface area (Å²) in [6.07, 6.45) is 0. The van der Waals surface area contributed by atoms with Gasteiger partial charge >= 0.3 is 0 Å². The van der Waals surface area contributed by atoms with Crippen LogP contribution < -0.4 is 5.32 Å². The van der Waals surface area contributed by atoms with E-state index in [9.17, 15) is 4.79 Å². The van der Waals surface area contributed by atoms with Crippen LogP contribution >= 0.6 is 0 Å². The summed E-state index contributed by atoms with van der Waals surface area (Å²) in [6, 6.07) is 18.6. The number of hydrogen-bond donors (Lipinski definition) is 1. The molecular formula is C21H26N2O. The van der Waals surface area contributed by atoms with E-state index in [2.05, 4.69) is 43.4 Å². The van der Waals surface area contributed by atoms with E-state index in [1.54, 1.807) is 0 Å². The number of nitrogens with one attached hydrogen (secondary N) is 1. The molecule has 1 unspecified atom stereocenters. The first-order chi connectivity index (χ1) is 11.6. The molecule has 1 saturated heterocycles. The molecule has 1 aliphatic heterocycles. The number of nitrogens with zero attached hydrogens (tertiary/aromatic N) is 1. The third kappa shape index (κ3) is 3.85. The second-order valence-electron chi connectivity index (χ2n) is 6.81. The molecule has 2 aromatic rings. The molecule has 0 aromatic heterocycles. The second-order valence-corrected chi connectivity index (χ2v) is 6.81. The number of carbonyl (C=O) groups excluding carboxylic acids is 1. The van der Waals surface area contributed by atoms with Crippen molar-refractivity contribution in [3.8, 4) is 0 Å². The smallest absolute Gasteiger partial charge is 0.226 e. The predicted molar refractivity (Wildman–Crippen MR) is 97.4 cm³/mol. The minimum Gasteiger partial charge on any atom is -0.334 e. The molecule has 2 aromatic carbocycles. The molecule has 0 aliphatic carbocycles. The molecule has 1 amide bonds. The first-order valence-electron chi connectivity index (χ1n) is 8.73. The van der Waals surface area contributed by atoms with Crippen molar-refractivity contribution in [1.82, 2.24) is 10.2 Å². The van der Waals surface area contributed by atoms with Crippen molar-refractivity contribution in [1.29, 1.82) is 0 Å². The zero-order valence-corrected chi connectivity index (χ0v) is 14.5. The molecule has 0 spiro atoms. The van der Waals surface area contributed by atoms with Crippen molar-refractivity contribution in [2.45, 2.75) is 26.9 Å². The van der Waals surface area contributed by atoms with Gasteiger partial charge < -0.3 is 10.2 Å². The van der Waals surface area contributed by atoms with Crippen LogP contribution in [0.2, 0.25) is 0 Å². The van der Waals surface area contributed by atoms with Crippen LogP contribution in [0.4, 0.5) is 0 Å². The second kappa shape index (κ2) is 7.63. The van der Waals surface area contributed by atoms with Crippen LogP contribution in [0.1, 0.15) is 23.6 Å². The zero-order valence-electron chi connectivity index (χ0n) is 14.5. The normalized spacial score (nSPS) is 15.6. The van der Waals surface area contributed by atoms with E-state index in [4.69, 9.17) is 0 Å². The van der Waals surface area contributed by atoms with E-state index in [0.29, 0.717) is 19.0 Å². The summed E-state index contributed by atoms with van der Waals surface area (Å²) in [5, 5.41) is 3.27. The lowest BCUT2D eigenvalue weighted by atomic mass is 9.87. The van der Waals surface area contributed by atoms with E-state index in [1.165, 1.54) is 16.7 Å². The Kier molecular flexibility index (Phi) is 5.31. The summed E-state index contributed by atoms with van der Waals surface area (Å²) >= 11 is 0. The van der Waals surface area contributed by atoms with Crippen LogP contribution in [0.15, 0.2) is 54.6 Å². The molecule has 1 aliphatic rings. The van der Waals surface area contributed by atoms with Gasteiger partial charge in [-0.1, -0.05) is 61.5 Å². The van der Waals surface area contributed by atoms with E-state index >= 15 is 0 Å². The fraction of sp³-hybridized carbons (Fsp3) is 0.381. The largest absolute Gasteiger partial charge is 0.334 e. The molecule has 0 bridgehead atoms. The average molecular weight is 322 g/mol. The maximum absolute atomic E-state index is 13.1. The minimum absolute atomic E-state index is 0.0685. The zero-order chi connectivity index (χ0) is 16.9. The first kappa shape index (κ1) is 16.7. The van der Waals surface area contributed by atoms with Crippen molar-refractivity contribution >= 4 is 5.91 Å². The molecule has 1 fully saturated rings. The van der Waals surface area contributed by atoms with Crippen molar-refractivity contribution in [2.75, 3.05) is 13.1 Å². The summed E-state index contributed by atoms with van der Waals surface area (Å²) in [7, 11) is 0. The van der Waals surface area contributed by atoms with E-state index in [-0.39, 0.29) is 11.8 Å². The summed E-state index contributed by atoms with van der Waals surface area (Å²) in [5.41, 5.74) is 3.64. The third-order valence-electron chi connectivity index (χ3n) is 5.06. The minimum atomic E-state index is 0.0685. The van der Waals surface area contributed by atoms with Gasteiger partial charge in [-0.3, -0.25) is 4.79 Å². The van der Waals surface area contributed by atoms with Gasteiger partial charge in [0.25, 0.3) is 0 Å². The maximum Gasteiger partial charge on any atom is 0.226 e. The van der Waals surface area contributed by atoms with E-state index in [0.717, 1.165) is 13.1 Å². The highest BCUT2D eigenvalue weighted by atomic mass is 16.2. The number of amides is 1. The Hall–Kier alpha value is -2.13. The van der Waals surface area contributed by atoms with Gasteiger partial charge in [-0.05, 0) is 42.6 Å². The van der Waals surface area contributed by atoms with Crippen molar-refractivity contribution in [3.63, 3.8) is 0 Å². The number of hydrogen-bond acceptors (Lipinski definition) is 2. The average Bonchev–Trinajstić information content (AvgIpc) is 2.55. The molecule has 3 rings (SSSR count). The topological polar surface area (TPSA) is 32.3 Å². The molecule has 1 atom stereocenters. The lowest BCUT2D eigenvalue weighted by Gasteiger charge is -2.35. The van der Waals surface area contributed by atoms with Gasteiger partial charge in [-0.2, -0.15) is 0 Å². The van der Waals surface area contributed by atoms with E-state index in [1.807, 2.05) is 35.2 Å². The van der Waals surface area contributed by atoms with Crippen LogP contribution in [0.5, 0.6) is 0 Å². The summed E-state index contributed by atoms with van der Waals surface area (Å²) in [4.78, 5) is 15.1. The van der Waals surface area contributed by atoms with Gasteiger partial charge in [-0.25, -0.2) is 0 Å². The Labute approximate surface area is 144 Å². The Morgan fingerprint density at radius 2 is 1.75 bits per heavy atom. The monoisotopic (exact) mass is 322 g/mol. The Morgan fingerprint density at radius 1 is 1.08 bits per heavy atom. The van der Waals surface area contributed by atoms with Crippen molar-refractivity contribution < 1.29 is 4.79 Å². The highest BCUT2D eigenvalue weighted by molar-refractivity contribution is 5.79. The molecule has 0 saturated carbocycles. The summed E-state index contributed by atoms with van der Waals surface area (Å²) in [6.45, 7) is 7.43. The van der Waals surface area contributed by atoms with Crippen LogP contribution in [-0.4, -0.2) is 23.9 Å². The van der Waals surface area contributed by atoms with Gasteiger partial charge in [0.2, 0.25) is 5.91 Å². The first-order valence-corrected chi connectivity index (χ1v) is 8.73. The molecular weight excluding hydrogens is 296 g/mol. The van der Waals surface area contributed by atoms with Crippen molar-refractivity contribution in [2.24, 2.45) is 11.8 Å². The highest BCUT2D eigenvalue weighted by Gasteiger charge is 2.31. The number of benzene rings is 2. The third-order valence-corrected chi connectivity index (χ3v) is 5.06. The quantitative estimate of drug-likeness (QED) is 0.884.